The minimum atomic E-state index is -0.547. The standard InChI is InChI=1S/C21H22N2O5S/c22-19(25)18-14-6-2-4-8-16(14)29-20(18)23-17(24)11-28-21(26)13-9-12-5-1-3-7-15(12)27-10-13/h1,3,5,7,13H,2,4,6,8-11H2,(H2,22,25)(H,23,24)/t13-/m1/s1. The number of carbonyl (C=O) groups is 3. The van der Waals surface area contributed by atoms with Gasteiger partial charge in [-0.05, 0) is 49.3 Å². The first-order chi connectivity index (χ1) is 14.0. The number of hydrogen-bond acceptors (Lipinski definition) is 6. The van der Waals surface area contributed by atoms with Crippen molar-refractivity contribution in [2.45, 2.75) is 32.1 Å². The highest BCUT2D eigenvalue weighted by molar-refractivity contribution is 7.17. The average molecular weight is 414 g/mol. The van der Waals surface area contributed by atoms with E-state index in [0.29, 0.717) is 17.0 Å². The zero-order valence-electron chi connectivity index (χ0n) is 15.9. The molecule has 2 amide bonds. The molecule has 0 bridgehead atoms. The van der Waals surface area contributed by atoms with E-state index in [0.717, 1.165) is 47.4 Å². The van der Waals surface area contributed by atoms with Crippen LogP contribution in [0.1, 0.15) is 39.2 Å². The second-order valence-corrected chi connectivity index (χ2v) is 8.36. The number of anilines is 1. The van der Waals surface area contributed by atoms with E-state index in [1.807, 2.05) is 24.3 Å². The first-order valence-corrected chi connectivity index (χ1v) is 10.5. The van der Waals surface area contributed by atoms with Gasteiger partial charge < -0.3 is 20.5 Å². The van der Waals surface area contributed by atoms with Crippen LogP contribution in [0.4, 0.5) is 5.00 Å². The molecular weight excluding hydrogens is 392 g/mol. The minimum absolute atomic E-state index is 0.223. The number of carbonyl (C=O) groups excluding carboxylic acids is 3. The lowest BCUT2D eigenvalue weighted by molar-refractivity contribution is -0.152. The van der Waals surface area contributed by atoms with Crippen LogP contribution in [0.15, 0.2) is 24.3 Å². The van der Waals surface area contributed by atoms with E-state index in [2.05, 4.69) is 5.32 Å². The van der Waals surface area contributed by atoms with Crippen LogP contribution in [0.2, 0.25) is 0 Å². The molecule has 1 atom stereocenters. The van der Waals surface area contributed by atoms with Crippen molar-refractivity contribution in [2.75, 3.05) is 18.5 Å². The molecule has 0 spiro atoms. The van der Waals surface area contributed by atoms with E-state index in [1.165, 1.54) is 11.3 Å². The van der Waals surface area contributed by atoms with Gasteiger partial charge in [-0.15, -0.1) is 11.3 Å². The van der Waals surface area contributed by atoms with Crippen molar-refractivity contribution in [3.05, 3.63) is 45.8 Å². The monoisotopic (exact) mass is 414 g/mol. The summed E-state index contributed by atoms with van der Waals surface area (Å²) in [5.41, 5.74) is 7.81. The molecule has 1 aromatic carbocycles. The Bertz CT molecular complexity index is 968. The zero-order valence-corrected chi connectivity index (χ0v) is 16.7. The van der Waals surface area contributed by atoms with E-state index in [-0.39, 0.29) is 6.61 Å². The van der Waals surface area contributed by atoms with Crippen LogP contribution < -0.4 is 15.8 Å². The number of esters is 1. The first-order valence-electron chi connectivity index (χ1n) is 9.64. The SMILES string of the molecule is NC(=O)c1c(NC(=O)COC(=O)[C@H]2COc3ccccc3C2)sc2c1CCCC2. The number of rotatable bonds is 5. The van der Waals surface area contributed by atoms with E-state index >= 15 is 0 Å². The highest BCUT2D eigenvalue weighted by atomic mass is 32.1. The van der Waals surface area contributed by atoms with Gasteiger partial charge in [-0.3, -0.25) is 14.4 Å². The molecule has 2 aromatic rings. The van der Waals surface area contributed by atoms with Crippen LogP contribution in [0.3, 0.4) is 0 Å². The molecule has 29 heavy (non-hydrogen) atoms. The number of aryl methyl sites for hydroxylation is 1. The summed E-state index contributed by atoms with van der Waals surface area (Å²) < 4.78 is 10.8. The summed E-state index contributed by atoms with van der Waals surface area (Å²) in [6.07, 6.45) is 4.25. The van der Waals surface area contributed by atoms with E-state index in [9.17, 15) is 14.4 Å². The summed E-state index contributed by atoms with van der Waals surface area (Å²) in [6.45, 7) is -0.196. The van der Waals surface area contributed by atoms with Crippen LogP contribution in [-0.4, -0.2) is 31.0 Å². The number of thiophene rings is 1. The topological polar surface area (TPSA) is 108 Å². The summed E-state index contributed by atoms with van der Waals surface area (Å²) in [6, 6.07) is 7.54. The second-order valence-electron chi connectivity index (χ2n) is 7.25. The van der Waals surface area contributed by atoms with Gasteiger partial charge in [0.2, 0.25) is 0 Å². The smallest absolute Gasteiger partial charge is 0.313 e. The van der Waals surface area contributed by atoms with Crippen LogP contribution in [0.25, 0.3) is 0 Å². The fourth-order valence-electron chi connectivity index (χ4n) is 3.81. The molecular formula is C21H22N2O5S. The van der Waals surface area contributed by atoms with Crippen LogP contribution in [-0.2, 0) is 33.6 Å². The van der Waals surface area contributed by atoms with E-state index < -0.39 is 30.3 Å². The Kier molecular flexibility index (Phi) is 5.53. The quantitative estimate of drug-likeness (QED) is 0.731. The number of para-hydroxylation sites is 1. The first kappa shape index (κ1) is 19.4. The molecule has 4 rings (SSSR count). The van der Waals surface area contributed by atoms with Gasteiger partial charge in [-0.25, -0.2) is 0 Å². The van der Waals surface area contributed by atoms with Gasteiger partial charge in [-0.2, -0.15) is 0 Å². The van der Waals surface area contributed by atoms with Crippen molar-refractivity contribution in [1.29, 1.82) is 0 Å². The molecule has 2 aliphatic rings. The number of amides is 2. The number of hydrogen-bond donors (Lipinski definition) is 2. The third-order valence-electron chi connectivity index (χ3n) is 5.23. The Morgan fingerprint density at radius 2 is 2.00 bits per heavy atom. The van der Waals surface area contributed by atoms with Crippen molar-refractivity contribution in [3.8, 4) is 5.75 Å². The highest BCUT2D eigenvalue weighted by Crippen LogP contribution is 2.37. The predicted octanol–water partition coefficient (Wildman–Crippen LogP) is 2.46. The normalized spacial score (nSPS) is 17.4. The number of nitrogens with one attached hydrogen (secondary N) is 1. The average Bonchev–Trinajstić information content (AvgIpc) is 3.09. The predicted molar refractivity (Wildman–Crippen MR) is 108 cm³/mol. The minimum Gasteiger partial charge on any atom is -0.492 e. The fraction of sp³-hybridized carbons (Fsp3) is 0.381. The van der Waals surface area contributed by atoms with Crippen LogP contribution in [0, 0.1) is 5.92 Å². The molecule has 152 valence electrons. The highest BCUT2D eigenvalue weighted by Gasteiger charge is 2.28. The van der Waals surface area contributed by atoms with Gasteiger partial charge in [0.05, 0.1) is 11.5 Å². The Balaban J connectivity index is 1.36. The molecule has 1 aliphatic carbocycles. The molecule has 0 fully saturated rings. The number of fused-ring (bicyclic) bond motifs is 2. The van der Waals surface area contributed by atoms with Crippen molar-refractivity contribution >= 4 is 34.1 Å². The van der Waals surface area contributed by atoms with E-state index in [1.54, 1.807) is 0 Å². The molecule has 7 nitrogen and oxygen atoms in total. The molecule has 0 unspecified atom stereocenters. The van der Waals surface area contributed by atoms with Gasteiger partial charge in [0.15, 0.2) is 6.61 Å². The lowest BCUT2D eigenvalue weighted by atomic mass is 9.95. The summed E-state index contributed by atoms with van der Waals surface area (Å²) in [5.74, 6) is -1.19. The summed E-state index contributed by atoms with van der Waals surface area (Å²) in [5, 5.41) is 3.14. The van der Waals surface area contributed by atoms with Gasteiger partial charge >= 0.3 is 5.97 Å². The number of nitrogens with two attached hydrogens (primary N) is 1. The Labute approximate surface area is 172 Å². The van der Waals surface area contributed by atoms with Crippen molar-refractivity contribution in [2.24, 2.45) is 11.7 Å². The number of benzene rings is 1. The van der Waals surface area contributed by atoms with Crippen molar-refractivity contribution in [1.82, 2.24) is 0 Å². The van der Waals surface area contributed by atoms with Gasteiger partial charge in [-0.1, -0.05) is 18.2 Å². The maximum absolute atomic E-state index is 12.3. The van der Waals surface area contributed by atoms with Crippen molar-refractivity contribution in [3.63, 3.8) is 0 Å². The number of ether oxygens (including phenoxy) is 2. The second kappa shape index (κ2) is 8.24. The molecule has 1 aromatic heterocycles. The molecule has 1 aliphatic heterocycles. The van der Waals surface area contributed by atoms with Gasteiger partial charge in [0, 0.05) is 4.88 Å². The Morgan fingerprint density at radius 3 is 2.83 bits per heavy atom. The lowest BCUT2D eigenvalue weighted by Crippen LogP contribution is -2.32. The maximum atomic E-state index is 12.3. The van der Waals surface area contributed by atoms with Gasteiger partial charge in [0.1, 0.15) is 17.4 Å². The molecule has 0 saturated carbocycles. The molecule has 2 heterocycles. The summed E-state index contributed by atoms with van der Waals surface area (Å²) in [7, 11) is 0. The lowest BCUT2D eigenvalue weighted by Gasteiger charge is -2.23. The largest absolute Gasteiger partial charge is 0.492 e. The Morgan fingerprint density at radius 1 is 1.21 bits per heavy atom. The van der Waals surface area contributed by atoms with Gasteiger partial charge in [0.25, 0.3) is 11.8 Å². The van der Waals surface area contributed by atoms with Crippen LogP contribution in [0.5, 0.6) is 5.75 Å². The summed E-state index contributed by atoms with van der Waals surface area (Å²) in [4.78, 5) is 37.6. The van der Waals surface area contributed by atoms with Crippen LogP contribution >= 0.6 is 11.3 Å². The number of primary amides is 1. The fourth-order valence-corrected chi connectivity index (χ4v) is 5.12. The van der Waals surface area contributed by atoms with Crippen molar-refractivity contribution < 1.29 is 23.9 Å². The third kappa shape index (κ3) is 4.12. The zero-order chi connectivity index (χ0) is 20.4. The third-order valence-corrected chi connectivity index (χ3v) is 6.44. The molecule has 0 saturated heterocycles. The molecule has 0 radical (unpaired) electrons. The molecule has 3 N–H and O–H groups in total. The van der Waals surface area contributed by atoms with E-state index in [4.69, 9.17) is 15.2 Å². The maximum Gasteiger partial charge on any atom is 0.313 e. The summed E-state index contributed by atoms with van der Waals surface area (Å²) >= 11 is 1.38. The molecule has 8 heteroatoms. The Hall–Kier alpha value is -2.87.